The second kappa shape index (κ2) is 12.1. The van der Waals surface area contributed by atoms with Crippen LogP contribution in [0.15, 0.2) is 60.0 Å². The van der Waals surface area contributed by atoms with Crippen LogP contribution in [-0.2, 0) is 34.5 Å². The summed E-state index contributed by atoms with van der Waals surface area (Å²) in [4.78, 5) is 11.8. The first-order valence-corrected chi connectivity index (χ1v) is 13.3. The fourth-order valence-corrected chi connectivity index (χ4v) is 4.77. The van der Waals surface area contributed by atoms with Crippen LogP contribution in [0.4, 0.5) is 0 Å². The van der Waals surface area contributed by atoms with E-state index in [0.29, 0.717) is 12.2 Å². The van der Waals surface area contributed by atoms with E-state index >= 15 is 0 Å². The van der Waals surface area contributed by atoms with Crippen LogP contribution in [0, 0.1) is 0 Å². The smallest absolute Gasteiger partial charge is 0.272 e. The Bertz CT molecular complexity index is 1160. The molecule has 0 unspecified atom stereocenters. The molecule has 0 bridgehead atoms. The van der Waals surface area contributed by atoms with Crippen LogP contribution in [-0.4, -0.2) is 41.4 Å². The third-order valence-corrected chi connectivity index (χ3v) is 7.33. The van der Waals surface area contributed by atoms with Gasteiger partial charge in [0, 0.05) is 31.3 Å². The molecule has 1 fully saturated rings. The van der Waals surface area contributed by atoms with E-state index in [1.54, 1.807) is 18.1 Å². The molecule has 0 spiro atoms. The van der Waals surface area contributed by atoms with Gasteiger partial charge >= 0.3 is 0 Å². The Hall–Kier alpha value is -1.85. The highest BCUT2D eigenvalue weighted by molar-refractivity contribution is 7.99. The van der Waals surface area contributed by atoms with E-state index in [0.717, 1.165) is 27.4 Å². The average Bonchev–Trinajstić information content (AvgIpc) is 3.30. The van der Waals surface area contributed by atoms with E-state index in [1.165, 1.54) is 0 Å². The third kappa shape index (κ3) is 7.13. The van der Waals surface area contributed by atoms with Crippen molar-refractivity contribution < 1.29 is 19.4 Å². The zero-order valence-corrected chi connectivity index (χ0v) is 22.4. The van der Waals surface area contributed by atoms with Gasteiger partial charge in [-0.2, -0.15) is 0 Å². The average molecular weight is 572 g/mol. The normalized spacial score (nSPS) is 20.3. The number of nitrogens with zero attached hydrogens (tertiary/aromatic N) is 3. The highest BCUT2D eigenvalue weighted by atomic mass is 35.6. The number of rotatable bonds is 8. The number of aliphatic hydroxyl groups is 1. The largest absolute Gasteiger partial charge is 0.392 e. The van der Waals surface area contributed by atoms with Gasteiger partial charge in [-0.15, -0.1) is 10.2 Å². The number of aryl methyl sites for hydroxylation is 1. The van der Waals surface area contributed by atoms with Gasteiger partial charge in [0.15, 0.2) is 11.4 Å². The van der Waals surface area contributed by atoms with Crippen molar-refractivity contribution in [1.82, 2.24) is 20.1 Å². The summed E-state index contributed by atoms with van der Waals surface area (Å²) >= 11 is 18.4. The maximum Gasteiger partial charge on any atom is 0.272 e. The van der Waals surface area contributed by atoms with Crippen molar-refractivity contribution in [2.75, 3.05) is 5.75 Å². The molecule has 2 heterocycles. The molecule has 0 aliphatic carbocycles. The molecule has 1 aliphatic heterocycles. The minimum atomic E-state index is -2.01. The highest BCUT2D eigenvalue weighted by Crippen LogP contribution is 2.39. The minimum absolute atomic E-state index is 0.0109. The van der Waals surface area contributed by atoms with Crippen LogP contribution >= 0.6 is 46.6 Å². The Morgan fingerprint density at radius 3 is 2.39 bits per heavy atom. The molecule has 1 aliphatic rings. The molecule has 2 N–H and O–H groups in total. The number of alkyl halides is 3. The van der Waals surface area contributed by atoms with Gasteiger partial charge in [-0.1, -0.05) is 95.1 Å². The summed E-state index contributed by atoms with van der Waals surface area (Å²) in [5.74, 6) is -0.00694. The fourth-order valence-electron chi connectivity index (χ4n) is 3.67. The van der Waals surface area contributed by atoms with Crippen molar-refractivity contribution in [3.63, 3.8) is 0 Å². The first-order chi connectivity index (χ1) is 17.2. The number of aromatic nitrogens is 3. The van der Waals surface area contributed by atoms with Crippen molar-refractivity contribution in [3.8, 4) is 0 Å². The standard InChI is InChI=1S/C24H25Cl3N4O4S/c1-31-14-29-30-23(31)36-13-19-10-20(17-6-4-16(12-32)5-7-17)35-21(34-19)18-8-2-15(3-9-18)11-28-22(33)24(25,26)27/h2-9,14,19-21,32H,10-13H2,1H3,(H,28,33)/t19-,20+,21+/m0/s1. The van der Waals surface area contributed by atoms with Crippen molar-refractivity contribution in [2.45, 2.75) is 47.0 Å². The van der Waals surface area contributed by atoms with E-state index < -0.39 is 16.0 Å². The monoisotopic (exact) mass is 570 g/mol. The Kier molecular flexibility index (Phi) is 9.16. The number of ether oxygens (including phenoxy) is 2. The fraction of sp³-hybridized carbons (Fsp3) is 0.375. The second-order valence-electron chi connectivity index (χ2n) is 8.31. The summed E-state index contributed by atoms with van der Waals surface area (Å²) in [6.45, 7) is 0.208. The molecule has 1 amide bonds. The first kappa shape index (κ1) is 27.2. The van der Waals surface area contributed by atoms with Crippen LogP contribution < -0.4 is 5.32 Å². The molecular weight excluding hydrogens is 547 g/mol. The van der Waals surface area contributed by atoms with E-state index in [2.05, 4.69) is 15.5 Å². The Morgan fingerprint density at radius 2 is 1.78 bits per heavy atom. The number of aliphatic hydroxyl groups excluding tert-OH is 1. The van der Waals surface area contributed by atoms with Gasteiger partial charge in [0.2, 0.25) is 0 Å². The topological polar surface area (TPSA) is 98.5 Å². The number of carbonyl (C=O) groups excluding carboxylic acids is 1. The van der Waals surface area contributed by atoms with Crippen LogP contribution in [0.1, 0.15) is 41.1 Å². The summed E-state index contributed by atoms with van der Waals surface area (Å²) in [5, 5.41) is 20.8. The maximum absolute atomic E-state index is 11.8. The molecule has 3 atom stereocenters. The van der Waals surface area contributed by atoms with Crippen molar-refractivity contribution in [2.24, 2.45) is 7.05 Å². The van der Waals surface area contributed by atoms with Gasteiger partial charge in [-0.05, 0) is 16.7 Å². The second-order valence-corrected chi connectivity index (χ2v) is 11.6. The van der Waals surface area contributed by atoms with Gasteiger partial charge in [0.25, 0.3) is 9.70 Å². The number of hydrogen-bond acceptors (Lipinski definition) is 7. The number of benzene rings is 2. The van der Waals surface area contributed by atoms with Crippen LogP contribution in [0.2, 0.25) is 0 Å². The number of hydrogen-bond donors (Lipinski definition) is 2. The van der Waals surface area contributed by atoms with E-state index in [1.807, 2.05) is 60.1 Å². The van der Waals surface area contributed by atoms with Gasteiger partial charge in [0.1, 0.15) is 6.33 Å². The Balaban J connectivity index is 1.47. The van der Waals surface area contributed by atoms with Crippen molar-refractivity contribution in [3.05, 3.63) is 77.1 Å². The molecule has 0 saturated carbocycles. The van der Waals surface area contributed by atoms with Gasteiger partial charge in [-0.3, -0.25) is 4.79 Å². The summed E-state index contributed by atoms with van der Waals surface area (Å²) < 4.78 is 12.5. The van der Waals surface area contributed by atoms with E-state index in [-0.39, 0.29) is 25.4 Å². The molecule has 12 heteroatoms. The predicted octanol–water partition coefficient (Wildman–Crippen LogP) is 4.63. The van der Waals surface area contributed by atoms with Crippen molar-refractivity contribution in [1.29, 1.82) is 0 Å². The maximum atomic E-state index is 11.8. The third-order valence-electron chi connectivity index (χ3n) is 5.65. The summed E-state index contributed by atoms with van der Waals surface area (Å²) in [6, 6.07) is 15.3. The quantitative estimate of drug-likeness (QED) is 0.300. The molecule has 4 rings (SSSR count). The minimum Gasteiger partial charge on any atom is -0.392 e. The number of amides is 1. The lowest BCUT2D eigenvalue weighted by atomic mass is 10.0. The zero-order valence-electron chi connectivity index (χ0n) is 19.3. The molecule has 0 radical (unpaired) electrons. The summed E-state index contributed by atoms with van der Waals surface area (Å²) in [7, 11) is 1.90. The number of carbonyl (C=O) groups is 1. The van der Waals surface area contributed by atoms with Crippen LogP contribution in [0.3, 0.4) is 0 Å². The zero-order chi connectivity index (χ0) is 25.7. The molecule has 2 aromatic carbocycles. The SMILES string of the molecule is Cn1cnnc1SC[C@@H]1C[C@H](c2ccc(CO)cc2)O[C@H](c2ccc(CNC(=O)C(Cl)(Cl)Cl)cc2)O1. The summed E-state index contributed by atoms with van der Waals surface area (Å²) in [6.07, 6.45) is 1.46. The van der Waals surface area contributed by atoms with Crippen LogP contribution in [0.25, 0.3) is 0 Å². The molecule has 3 aromatic rings. The lowest BCUT2D eigenvalue weighted by molar-refractivity contribution is -0.245. The Labute approximate surface area is 228 Å². The summed E-state index contributed by atoms with van der Waals surface area (Å²) in [5.41, 5.74) is 3.54. The van der Waals surface area contributed by atoms with Gasteiger partial charge < -0.3 is 24.5 Å². The first-order valence-electron chi connectivity index (χ1n) is 11.1. The van der Waals surface area contributed by atoms with Gasteiger partial charge in [0.05, 0.1) is 18.8 Å². The molecule has 1 saturated heterocycles. The molecule has 192 valence electrons. The van der Waals surface area contributed by atoms with E-state index in [9.17, 15) is 9.90 Å². The number of nitrogens with one attached hydrogen (secondary N) is 1. The van der Waals surface area contributed by atoms with Gasteiger partial charge in [-0.25, -0.2) is 0 Å². The molecule has 1 aromatic heterocycles. The Morgan fingerprint density at radius 1 is 1.11 bits per heavy atom. The van der Waals surface area contributed by atoms with E-state index in [4.69, 9.17) is 44.3 Å². The number of halogens is 3. The highest BCUT2D eigenvalue weighted by Gasteiger charge is 2.33. The lowest BCUT2D eigenvalue weighted by Crippen LogP contribution is -2.34. The molecule has 36 heavy (non-hydrogen) atoms. The predicted molar refractivity (Wildman–Crippen MR) is 139 cm³/mol. The van der Waals surface area contributed by atoms with Crippen LogP contribution in [0.5, 0.6) is 0 Å². The molecule has 8 nitrogen and oxygen atoms in total. The number of thioether (sulfide) groups is 1. The lowest BCUT2D eigenvalue weighted by Gasteiger charge is -2.36. The molecular formula is C24H25Cl3N4O4S. The van der Waals surface area contributed by atoms with Crippen molar-refractivity contribution >= 4 is 52.5 Å².